The molecular weight excluding hydrogens is 524 g/mol. The Hall–Kier alpha value is -3.62. The Morgan fingerprint density at radius 1 is 1.12 bits per heavy atom. The minimum absolute atomic E-state index is 0.0591. The number of carbonyl (C=O) groups excluding carboxylic acids is 2. The van der Waals surface area contributed by atoms with Crippen LogP contribution < -0.4 is 21.7 Å². The van der Waals surface area contributed by atoms with Gasteiger partial charge in [0.05, 0.1) is 6.04 Å². The number of guanidine groups is 1. The number of nitrogens with zero attached hydrogens (tertiary/aromatic N) is 2. The van der Waals surface area contributed by atoms with Crippen LogP contribution in [0.25, 0.3) is 10.8 Å². The summed E-state index contributed by atoms with van der Waals surface area (Å²) in [6, 6.07) is 21.1. The Kier molecular flexibility index (Phi) is 10.4. The summed E-state index contributed by atoms with van der Waals surface area (Å²) in [5, 5.41) is 12.3. The van der Waals surface area contributed by atoms with E-state index >= 15 is 0 Å². The highest BCUT2D eigenvalue weighted by Gasteiger charge is 2.32. The highest BCUT2D eigenvalue weighted by molar-refractivity contribution is 6.31. The molecule has 40 heavy (non-hydrogen) atoms. The molecule has 0 saturated carbocycles. The van der Waals surface area contributed by atoms with Crippen molar-refractivity contribution in [1.82, 2.24) is 20.9 Å². The Morgan fingerprint density at radius 2 is 1.88 bits per heavy atom. The monoisotopic (exact) mass is 562 g/mol. The summed E-state index contributed by atoms with van der Waals surface area (Å²) in [5.74, 6) is 0.525. The van der Waals surface area contributed by atoms with E-state index < -0.39 is 6.04 Å². The summed E-state index contributed by atoms with van der Waals surface area (Å²) in [4.78, 5) is 32.7. The lowest BCUT2D eigenvalue weighted by Gasteiger charge is -2.28. The fourth-order valence-electron chi connectivity index (χ4n) is 5.19. The topological polar surface area (TPSA) is 112 Å². The number of halogens is 1. The van der Waals surface area contributed by atoms with E-state index in [0.29, 0.717) is 49.1 Å². The molecule has 0 aliphatic carbocycles. The summed E-state index contributed by atoms with van der Waals surface area (Å²) in [5.41, 5.74) is 7.63. The Labute approximate surface area is 241 Å². The zero-order valence-electron chi connectivity index (χ0n) is 23.2. The number of carbonyl (C=O) groups is 2. The smallest absolute Gasteiger partial charge is 0.251 e. The number of amides is 2. The van der Waals surface area contributed by atoms with E-state index in [4.69, 9.17) is 17.3 Å². The van der Waals surface area contributed by atoms with Crippen molar-refractivity contribution in [1.29, 1.82) is 0 Å². The lowest BCUT2D eigenvalue weighted by molar-refractivity contribution is -0.133. The van der Waals surface area contributed by atoms with Crippen LogP contribution in [-0.2, 0) is 4.79 Å². The van der Waals surface area contributed by atoms with Crippen LogP contribution >= 0.6 is 11.6 Å². The number of hydrogen-bond acceptors (Lipinski definition) is 4. The molecule has 8 nitrogen and oxygen atoms in total. The highest BCUT2D eigenvalue weighted by atomic mass is 35.5. The van der Waals surface area contributed by atoms with Crippen LogP contribution in [-0.4, -0.2) is 68.0 Å². The zero-order chi connectivity index (χ0) is 28.5. The molecule has 1 saturated heterocycles. The van der Waals surface area contributed by atoms with E-state index in [9.17, 15) is 9.59 Å². The van der Waals surface area contributed by atoms with Crippen molar-refractivity contribution in [3.05, 3.63) is 82.9 Å². The van der Waals surface area contributed by atoms with Gasteiger partial charge in [-0.05, 0) is 59.9 Å². The standard InChI is InChI=1S/C31H39ClN6O2/c1-3-21(22-7-5-4-6-8-22)20-38-16-14-27(37-28(30(38)40)13-15-35-31(33)34-2)19-36-29(39)25-10-9-24-18-26(32)12-11-23(24)17-25/h4-12,17-18,21,27-28,37H,3,13-16,19-20H2,1-2H3,(H,36,39)(H3,33,34,35)/t21-,27+,28+/m1/s1. The Bertz CT molecular complexity index is 1330. The highest BCUT2D eigenvalue weighted by Crippen LogP contribution is 2.23. The molecule has 4 rings (SSSR count). The molecule has 1 aliphatic heterocycles. The summed E-state index contributed by atoms with van der Waals surface area (Å²) < 4.78 is 0. The first-order chi connectivity index (χ1) is 19.4. The predicted molar refractivity (Wildman–Crippen MR) is 163 cm³/mol. The average Bonchev–Trinajstić information content (AvgIpc) is 3.12. The van der Waals surface area contributed by atoms with Crippen molar-refractivity contribution in [3.8, 4) is 0 Å². The second kappa shape index (κ2) is 14.1. The van der Waals surface area contributed by atoms with Crippen molar-refractivity contribution in [2.45, 2.75) is 44.2 Å². The van der Waals surface area contributed by atoms with Gasteiger partial charge in [0, 0.05) is 55.8 Å². The third kappa shape index (κ3) is 7.73. The van der Waals surface area contributed by atoms with E-state index in [1.807, 2.05) is 59.5 Å². The van der Waals surface area contributed by atoms with Gasteiger partial charge in [-0.15, -0.1) is 0 Å². The van der Waals surface area contributed by atoms with Crippen molar-refractivity contribution < 1.29 is 9.59 Å². The number of aliphatic imine (C=N–C) groups is 1. The molecule has 0 bridgehead atoms. The first-order valence-electron chi connectivity index (χ1n) is 13.9. The van der Waals surface area contributed by atoms with Crippen LogP contribution in [0.2, 0.25) is 5.02 Å². The molecule has 2 amide bonds. The van der Waals surface area contributed by atoms with Crippen LogP contribution in [0, 0.1) is 0 Å². The molecule has 0 aromatic heterocycles. The van der Waals surface area contributed by atoms with Crippen LogP contribution in [0.3, 0.4) is 0 Å². The molecule has 3 aromatic carbocycles. The maximum atomic E-state index is 13.7. The zero-order valence-corrected chi connectivity index (χ0v) is 24.0. The second-order valence-corrected chi connectivity index (χ2v) is 10.7. The number of nitrogens with two attached hydrogens (primary N) is 1. The molecule has 3 aromatic rings. The minimum atomic E-state index is -0.403. The maximum Gasteiger partial charge on any atom is 0.251 e. The number of rotatable bonds is 10. The molecule has 1 aliphatic rings. The molecule has 0 unspecified atom stereocenters. The first kappa shape index (κ1) is 29.4. The van der Waals surface area contributed by atoms with E-state index in [1.54, 1.807) is 7.05 Å². The Morgan fingerprint density at radius 3 is 2.62 bits per heavy atom. The summed E-state index contributed by atoms with van der Waals surface area (Å²) in [6.45, 7) is 4.36. The van der Waals surface area contributed by atoms with Crippen LogP contribution in [0.15, 0.2) is 71.7 Å². The predicted octanol–water partition coefficient (Wildman–Crippen LogP) is 3.90. The normalized spacial score (nSPS) is 18.8. The van der Waals surface area contributed by atoms with Gasteiger partial charge in [0.15, 0.2) is 5.96 Å². The van der Waals surface area contributed by atoms with E-state index in [1.165, 1.54) is 5.56 Å². The number of hydrogen-bond donors (Lipinski definition) is 4. The van der Waals surface area contributed by atoms with Crippen molar-refractivity contribution >= 4 is 40.1 Å². The van der Waals surface area contributed by atoms with Gasteiger partial charge in [0.2, 0.25) is 5.91 Å². The average molecular weight is 563 g/mol. The number of benzene rings is 3. The summed E-state index contributed by atoms with van der Waals surface area (Å²) in [6.07, 6.45) is 2.22. The molecule has 212 valence electrons. The van der Waals surface area contributed by atoms with E-state index in [2.05, 4.69) is 40.0 Å². The fraction of sp³-hybridized carbons (Fsp3) is 0.387. The molecule has 1 heterocycles. The van der Waals surface area contributed by atoms with Gasteiger partial charge in [0.1, 0.15) is 0 Å². The van der Waals surface area contributed by atoms with Gasteiger partial charge >= 0.3 is 0 Å². The molecule has 0 spiro atoms. The van der Waals surface area contributed by atoms with E-state index in [0.717, 1.165) is 23.6 Å². The van der Waals surface area contributed by atoms with Gasteiger partial charge in [0.25, 0.3) is 5.91 Å². The van der Waals surface area contributed by atoms with Crippen LogP contribution in [0.5, 0.6) is 0 Å². The van der Waals surface area contributed by atoms with Gasteiger partial charge in [-0.3, -0.25) is 14.6 Å². The quantitative estimate of drug-likeness (QED) is 0.221. The van der Waals surface area contributed by atoms with Gasteiger partial charge < -0.3 is 26.6 Å². The van der Waals surface area contributed by atoms with Gasteiger partial charge in [-0.1, -0.05) is 61.0 Å². The molecule has 9 heteroatoms. The van der Waals surface area contributed by atoms with Crippen molar-refractivity contribution in [2.24, 2.45) is 10.7 Å². The number of nitrogens with one attached hydrogen (secondary N) is 3. The Balaban J connectivity index is 1.44. The van der Waals surface area contributed by atoms with Crippen LogP contribution in [0.4, 0.5) is 0 Å². The van der Waals surface area contributed by atoms with Crippen molar-refractivity contribution in [2.75, 3.05) is 33.2 Å². The third-order valence-corrected chi connectivity index (χ3v) is 7.79. The summed E-state index contributed by atoms with van der Waals surface area (Å²) >= 11 is 6.09. The maximum absolute atomic E-state index is 13.7. The first-order valence-corrected chi connectivity index (χ1v) is 14.3. The van der Waals surface area contributed by atoms with E-state index in [-0.39, 0.29) is 23.8 Å². The molecular formula is C31H39ClN6O2. The lowest BCUT2D eigenvalue weighted by atomic mass is 9.95. The third-order valence-electron chi connectivity index (χ3n) is 7.55. The minimum Gasteiger partial charge on any atom is -0.370 e. The van der Waals surface area contributed by atoms with Gasteiger partial charge in [-0.25, -0.2) is 0 Å². The van der Waals surface area contributed by atoms with Crippen LogP contribution in [0.1, 0.15) is 48.0 Å². The van der Waals surface area contributed by atoms with Crippen molar-refractivity contribution in [3.63, 3.8) is 0 Å². The van der Waals surface area contributed by atoms with Gasteiger partial charge in [-0.2, -0.15) is 0 Å². The lowest BCUT2D eigenvalue weighted by Crippen LogP contribution is -2.50. The SMILES string of the molecule is CC[C@H](CN1CC[C@@H](CNC(=O)c2ccc3cc(Cl)ccc3c2)N[C@@H](CCNC(N)=NC)C1=O)c1ccccc1. The largest absolute Gasteiger partial charge is 0.370 e. The second-order valence-electron chi connectivity index (χ2n) is 10.2. The molecule has 3 atom stereocenters. The fourth-order valence-corrected chi connectivity index (χ4v) is 5.37. The number of fused-ring (bicyclic) bond motifs is 1. The molecule has 0 radical (unpaired) electrons. The molecule has 5 N–H and O–H groups in total. The molecule has 1 fully saturated rings. The summed E-state index contributed by atoms with van der Waals surface area (Å²) in [7, 11) is 1.62.